The topological polar surface area (TPSA) is 112 Å². The molecule has 3 aliphatic rings. The van der Waals surface area contributed by atoms with Crippen LogP contribution in [0.15, 0.2) is 18.2 Å². The number of hydrogen-bond donors (Lipinski definition) is 3. The Morgan fingerprint density at radius 3 is 2.71 bits per heavy atom. The molecule has 3 aliphatic heterocycles. The minimum Gasteiger partial charge on any atom is -0.490 e. The van der Waals surface area contributed by atoms with E-state index >= 15 is 0 Å². The van der Waals surface area contributed by atoms with E-state index in [9.17, 15) is 14.4 Å². The van der Waals surface area contributed by atoms with Crippen LogP contribution in [0.4, 0.5) is 10.5 Å². The molecule has 0 unspecified atom stereocenters. The minimum absolute atomic E-state index is 0.00123. The Morgan fingerprint density at radius 2 is 1.94 bits per heavy atom. The fraction of sp³-hybridized carbons (Fsp3) is 0.640. The molecule has 1 aromatic rings. The summed E-state index contributed by atoms with van der Waals surface area (Å²) < 4.78 is 12.3. The molecule has 1 aromatic carbocycles. The Hall–Kier alpha value is -2.85. The van der Waals surface area contributed by atoms with Crippen LogP contribution in [0, 0.1) is 0 Å². The fourth-order valence-electron chi connectivity index (χ4n) is 5.08. The molecular weight excluding hydrogens is 450 g/mol. The van der Waals surface area contributed by atoms with Crippen molar-refractivity contribution in [1.82, 2.24) is 20.4 Å². The molecular formula is C25H37N5O5. The van der Waals surface area contributed by atoms with Crippen LogP contribution in [0.2, 0.25) is 0 Å². The third kappa shape index (κ3) is 6.43. The second-order valence-corrected chi connectivity index (χ2v) is 9.47. The number of fused-ring (bicyclic) bond motifs is 2. The van der Waals surface area contributed by atoms with E-state index in [2.05, 4.69) is 20.9 Å². The average Bonchev–Trinajstić information content (AvgIpc) is 3.35. The second kappa shape index (κ2) is 11.7. The minimum atomic E-state index is -0.327. The van der Waals surface area contributed by atoms with E-state index in [-0.39, 0.29) is 42.7 Å². The molecule has 2 saturated heterocycles. The number of carbonyl (C=O) groups is 3. The van der Waals surface area contributed by atoms with Crippen molar-refractivity contribution in [3.8, 4) is 5.75 Å². The van der Waals surface area contributed by atoms with Gasteiger partial charge in [0.15, 0.2) is 0 Å². The number of amides is 4. The van der Waals surface area contributed by atoms with Gasteiger partial charge in [-0.2, -0.15) is 0 Å². The highest BCUT2D eigenvalue weighted by Gasteiger charge is 2.39. The zero-order chi connectivity index (χ0) is 24.8. The van der Waals surface area contributed by atoms with E-state index in [0.29, 0.717) is 42.9 Å². The molecule has 0 radical (unpaired) electrons. The van der Waals surface area contributed by atoms with Crippen LogP contribution in [0.1, 0.15) is 49.4 Å². The normalized spacial score (nSPS) is 24.5. The lowest BCUT2D eigenvalue weighted by atomic mass is 9.94. The predicted octanol–water partition coefficient (Wildman–Crippen LogP) is 1.81. The number of carbonyl (C=O) groups excluding carboxylic acids is 3. The quantitative estimate of drug-likeness (QED) is 0.541. The Balaban J connectivity index is 1.34. The van der Waals surface area contributed by atoms with Crippen LogP contribution in [-0.2, 0) is 9.53 Å². The lowest BCUT2D eigenvalue weighted by Crippen LogP contribution is -2.54. The molecule has 35 heavy (non-hydrogen) atoms. The number of likely N-dealkylation sites (N-methyl/N-ethyl adjacent to an activating group) is 1. The Labute approximate surface area is 206 Å². The summed E-state index contributed by atoms with van der Waals surface area (Å²) >= 11 is 0. The van der Waals surface area contributed by atoms with Crippen LogP contribution in [0.3, 0.4) is 0 Å². The Bertz CT molecular complexity index is 920. The van der Waals surface area contributed by atoms with Crippen LogP contribution in [0.5, 0.6) is 5.75 Å². The maximum absolute atomic E-state index is 13.3. The largest absolute Gasteiger partial charge is 0.490 e. The Kier molecular flexibility index (Phi) is 8.46. The third-order valence-electron chi connectivity index (χ3n) is 6.97. The molecule has 0 spiro atoms. The summed E-state index contributed by atoms with van der Waals surface area (Å²) in [7, 11) is 1.77. The van der Waals surface area contributed by atoms with Gasteiger partial charge in [0.1, 0.15) is 18.5 Å². The predicted molar refractivity (Wildman–Crippen MR) is 132 cm³/mol. The van der Waals surface area contributed by atoms with Crippen LogP contribution in [0.25, 0.3) is 0 Å². The molecule has 0 aliphatic carbocycles. The lowest BCUT2D eigenvalue weighted by Gasteiger charge is -2.42. The Morgan fingerprint density at radius 1 is 1.14 bits per heavy atom. The SMILES string of the molecule is CCNC(=O)Nc1ccc2c(c1)C(=O)N(C)[C@@H]1CC[C@@H](CC(=O)NCCN3CCCC3)O[C@H]1CO2. The highest BCUT2D eigenvalue weighted by atomic mass is 16.5. The molecule has 10 nitrogen and oxygen atoms in total. The highest BCUT2D eigenvalue weighted by molar-refractivity contribution is 5.99. The van der Waals surface area contributed by atoms with E-state index in [1.807, 2.05) is 6.92 Å². The molecule has 4 rings (SSSR count). The van der Waals surface area contributed by atoms with Crippen molar-refractivity contribution in [2.45, 2.75) is 57.3 Å². The maximum Gasteiger partial charge on any atom is 0.319 e. The summed E-state index contributed by atoms with van der Waals surface area (Å²) in [4.78, 5) is 41.7. The number of nitrogens with one attached hydrogen (secondary N) is 3. The van der Waals surface area contributed by atoms with Gasteiger partial charge in [-0.05, 0) is 63.9 Å². The summed E-state index contributed by atoms with van der Waals surface area (Å²) in [5.74, 6) is 0.268. The smallest absolute Gasteiger partial charge is 0.319 e. The molecule has 0 aromatic heterocycles. The number of hydrogen-bond acceptors (Lipinski definition) is 6. The van der Waals surface area contributed by atoms with E-state index in [1.165, 1.54) is 12.8 Å². The maximum atomic E-state index is 13.3. The van der Waals surface area contributed by atoms with Crippen molar-refractivity contribution in [1.29, 1.82) is 0 Å². The number of nitrogens with zero attached hydrogens (tertiary/aromatic N) is 2. The van der Waals surface area contributed by atoms with E-state index < -0.39 is 0 Å². The molecule has 0 bridgehead atoms. The number of benzene rings is 1. The van der Waals surface area contributed by atoms with E-state index in [1.54, 1.807) is 30.1 Å². The van der Waals surface area contributed by atoms with Crippen molar-refractivity contribution in [2.24, 2.45) is 0 Å². The molecule has 3 heterocycles. The van der Waals surface area contributed by atoms with Crippen molar-refractivity contribution >= 4 is 23.5 Å². The highest BCUT2D eigenvalue weighted by Crippen LogP contribution is 2.32. The summed E-state index contributed by atoms with van der Waals surface area (Å²) in [6.45, 7) is 6.41. The van der Waals surface area contributed by atoms with Gasteiger partial charge in [0.2, 0.25) is 5.91 Å². The summed E-state index contributed by atoms with van der Waals surface area (Å²) in [6.07, 6.45) is 3.71. The zero-order valence-corrected chi connectivity index (χ0v) is 20.7. The van der Waals surface area contributed by atoms with Crippen molar-refractivity contribution in [2.75, 3.05) is 51.7 Å². The van der Waals surface area contributed by atoms with Crippen LogP contribution >= 0.6 is 0 Å². The number of likely N-dealkylation sites (tertiary alicyclic amines) is 1. The summed E-state index contributed by atoms with van der Waals surface area (Å²) in [5.41, 5.74) is 0.924. The monoisotopic (exact) mass is 487 g/mol. The van der Waals surface area contributed by atoms with Gasteiger partial charge in [-0.15, -0.1) is 0 Å². The molecule has 3 atom stereocenters. The molecule has 2 fully saturated rings. The zero-order valence-electron chi connectivity index (χ0n) is 20.7. The van der Waals surface area contributed by atoms with Crippen molar-refractivity contribution in [3.05, 3.63) is 23.8 Å². The number of ether oxygens (including phenoxy) is 2. The van der Waals surface area contributed by atoms with Gasteiger partial charge in [-0.1, -0.05) is 0 Å². The van der Waals surface area contributed by atoms with Gasteiger partial charge >= 0.3 is 6.03 Å². The van der Waals surface area contributed by atoms with Crippen molar-refractivity contribution in [3.63, 3.8) is 0 Å². The van der Waals surface area contributed by atoms with Gasteiger partial charge in [0.05, 0.1) is 24.1 Å². The molecule has 3 N–H and O–H groups in total. The lowest BCUT2D eigenvalue weighted by molar-refractivity contribution is -0.134. The average molecular weight is 488 g/mol. The number of rotatable bonds is 7. The van der Waals surface area contributed by atoms with Gasteiger partial charge in [-0.3, -0.25) is 9.59 Å². The van der Waals surface area contributed by atoms with Gasteiger partial charge in [0.25, 0.3) is 5.91 Å². The first-order chi connectivity index (χ1) is 16.9. The summed E-state index contributed by atoms with van der Waals surface area (Å²) in [5, 5.41) is 8.42. The fourth-order valence-corrected chi connectivity index (χ4v) is 5.08. The van der Waals surface area contributed by atoms with Crippen LogP contribution < -0.4 is 20.7 Å². The molecule has 10 heteroatoms. The van der Waals surface area contributed by atoms with E-state index in [0.717, 1.165) is 26.1 Å². The van der Waals surface area contributed by atoms with Gasteiger partial charge < -0.3 is 35.2 Å². The second-order valence-electron chi connectivity index (χ2n) is 9.47. The van der Waals surface area contributed by atoms with Crippen molar-refractivity contribution < 1.29 is 23.9 Å². The molecule has 4 amide bonds. The molecule has 192 valence electrons. The number of urea groups is 1. The van der Waals surface area contributed by atoms with Crippen LogP contribution in [-0.4, -0.2) is 92.3 Å². The first-order valence-corrected chi connectivity index (χ1v) is 12.7. The third-order valence-corrected chi connectivity index (χ3v) is 6.97. The van der Waals surface area contributed by atoms with E-state index in [4.69, 9.17) is 9.47 Å². The standard InChI is InChI=1S/C25H37N5O5/c1-3-26-25(33)28-17-6-9-21-19(14-17)24(32)29(2)20-8-7-18(35-22(20)16-34-21)15-23(31)27-10-13-30-11-4-5-12-30/h6,9,14,18,20,22H,3-5,7-8,10-13,15-16H2,1-2H3,(H,27,31)(H2,26,28,33)/t18-,20+,22-/m0/s1. The summed E-state index contributed by atoms with van der Waals surface area (Å²) in [6, 6.07) is 4.56. The molecule has 0 saturated carbocycles. The van der Waals surface area contributed by atoms with Gasteiger partial charge in [-0.25, -0.2) is 4.79 Å². The first-order valence-electron chi connectivity index (χ1n) is 12.7. The first kappa shape index (κ1) is 25.2. The van der Waals surface area contributed by atoms with Gasteiger partial charge in [0, 0.05) is 32.4 Å². The number of anilines is 1.